The first-order valence-corrected chi connectivity index (χ1v) is 7.46. The molecule has 1 aromatic carbocycles. The highest BCUT2D eigenvalue weighted by Crippen LogP contribution is 2.14. The maximum Gasteiger partial charge on any atom is 0.253 e. The molecule has 4 heteroatoms. The molecular weight excluding hydrogens is 252 g/mol. The number of aliphatic hydroxyl groups excluding tert-OH is 1. The number of hydrogen-bond donors (Lipinski definition) is 1. The molecule has 0 unspecified atom stereocenters. The van der Waals surface area contributed by atoms with E-state index < -0.39 is 0 Å². The standard InChI is InChI=1S/C16H24N2O2/c1-2-17(11-12-19)13-14-5-7-15(8-6-14)16(20)18-9-3-4-10-18/h5-8,19H,2-4,9-13H2,1H3. The molecule has 1 aromatic rings. The minimum atomic E-state index is 0.150. The van der Waals surface area contributed by atoms with Gasteiger partial charge in [0, 0.05) is 31.7 Å². The van der Waals surface area contributed by atoms with Crippen molar-refractivity contribution in [3.05, 3.63) is 35.4 Å². The van der Waals surface area contributed by atoms with E-state index in [1.165, 1.54) is 5.56 Å². The molecule has 1 heterocycles. The van der Waals surface area contributed by atoms with Gasteiger partial charge in [-0.15, -0.1) is 0 Å². The molecule has 0 aromatic heterocycles. The summed E-state index contributed by atoms with van der Waals surface area (Å²) in [5.74, 6) is 0.150. The fourth-order valence-electron chi connectivity index (χ4n) is 2.60. The summed E-state index contributed by atoms with van der Waals surface area (Å²) in [6.45, 7) is 6.46. The molecule has 0 atom stereocenters. The van der Waals surface area contributed by atoms with Crippen molar-refractivity contribution in [1.82, 2.24) is 9.80 Å². The van der Waals surface area contributed by atoms with Crippen LogP contribution < -0.4 is 0 Å². The monoisotopic (exact) mass is 276 g/mol. The molecule has 0 aliphatic carbocycles. The summed E-state index contributed by atoms with van der Waals surface area (Å²) in [6, 6.07) is 7.87. The van der Waals surface area contributed by atoms with Crippen LogP contribution in [0.3, 0.4) is 0 Å². The fraction of sp³-hybridized carbons (Fsp3) is 0.562. The van der Waals surface area contributed by atoms with Crippen LogP contribution in [0.5, 0.6) is 0 Å². The second kappa shape index (κ2) is 7.41. The van der Waals surface area contributed by atoms with Crippen molar-refractivity contribution in [3.8, 4) is 0 Å². The average Bonchev–Trinajstić information content (AvgIpc) is 3.01. The normalized spacial score (nSPS) is 15.1. The van der Waals surface area contributed by atoms with Gasteiger partial charge < -0.3 is 10.0 Å². The van der Waals surface area contributed by atoms with E-state index in [-0.39, 0.29) is 12.5 Å². The number of likely N-dealkylation sites (tertiary alicyclic amines) is 1. The highest BCUT2D eigenvalue weighted by Gasteiger charge is 2.19. The second-order valence-electron chi connectivity index (χ2n) is 5.29. The zero-order valence-electron chi connectivity index (χ0n) is 12.2. The Morgan fingerprint density at radius 3 is 2.45 bits per heavy atom. The lowest BCUT2D eigenvalue weighted by Crippen LogP contribution is -2.28. The molecule has 110 valence electrons. The third kappa shape index (κ3) is 3.81. The van der Waals surface area contributed by atoms with Crippen LogP contribution >= 0.6 is 0 Å². The third-order valence-corrected chi connectivity index (χ3v) is 3.86. The maximum atomic E-state index is 12.2. The van der Waals surface area contributed by atoms with Gasteiger partial charge in [0.15, 0.2) is 0 Å². The Hall–Kier alpha value is -1.39. The number of carbonyl (C=O) groups is 1. The first-order chi connectivity index (χ1) is 9.74. The van der Waals surface area contributed by atoms with Crippen molar-refractivity contribution in [2.45, 2.75) is 26.3 Å². The van der Waals surface area contributed by atoms with Crippen LogP contribution in [0.4, 0.5) is 0 Å². The summed E-state index contributed by atoms with van der Waals surface area (Å²) in [7, 11) is 0. The summed E-state index contributed by atoms with van der Waals surface area (Å²) in [4.78, 5) is 16.3. The molecule has 0 radical (unpaired) electrons. The van der Waals surface area contributed by atoms with Crippen molar-refractivity contribution in [2.75, 3.05) is 32.8 Å². The molecule has 1 aliphatic heterocycles. The average molecular weight is 276 g/mol. The Balaban J connectivity index is 1.96. The van der Waals surface area contributed by atoms with Gasteiger partial charge in [-0.1, -0.05) is 19.1 Å². The van der Waals surface area contributed by atoms with E-state index in [4.69, 9.17) is 5.11 Å². The summed E-state index contributed by atoms with van der Waals surface area (Å²) in [6.07, 6.45) is 2.24. The number of likely N-dealkylation sites (N-methyl/N-ethyl adjacent to an activating group) is 1. The van der Waals surface area contributed by atoms with Crippen molar-refractivity contribution in [1.29, 1.82) is 0 Å². The molecule has 1 fully saturated rings. The van der Waals surface area contributed by atoms with Gasteiger partial charge in [0.25, 0.3) is 5.91 Å². The predicted octanol–water partition coefficient (Wildman–Crippen LogP) is 1.74. The predicted molar refractivity (Wildman–Crippen MR) is 79.6 cm³/mol. The highest BCUT2D eigenvalue weighted by molar-refractivity contribution is 5.94. The summed E-state index contributed by atoms with van der Waals surface area (Å²) < 4.78 is 0. The largest absolute Gasteiger partial charge is 0.395 e. The smallest absolute Gasteiger partial charge is 0.253 e. The molecule has 1 amide bonds. The van der Waals surface area contributed by atoms with Crippen LogP contribution in [-0.4, -0.2) is 53.6 Å². The van der Waals surface area contributed by atoms with Crippen LogP contribution in [-0.2, 0) is 6.54 Å². The minimum Gasteiger partial charge on any atom is -0.395 e. The Morgan fingerprint density at radius 2 is 1.90 bits per heavy atom. The summed E-state index contributed by atoms with van der Waals surface area (Å²) in [5.41, 5.74) is 1.96. The molecule has 1 saturated heterocycles. The van der Waals surface area contributed by atoms with E-state index in [0.29, 0.717) is 6.54 Å². The number of benzene rings is 1. The molecule has 1 aliphatic rings. The molecule has 0 saturated carbocycles. The van der Waals surface area contributed by atoms with Crippen molar-refractivity contribution in [2.24, 2.45) is 0 Å². The number of carbonyl (C=O) groups excluding carboxylic acids is 1. The molecular formula is C16H24N2O2. The fourth-order valence-corrected chi connectivity index (χ4v) is 2.60. The van der Waals surface area contributed by atoms with Gasteiger partial charge in [-0.3, -0.25) is 9.69 Å². The van der Waals surface area contributed by atoms with Crippen molar-refractivity contribution >= 4 is 5.91 Å². The number of amides is 1. The topological polar surface area (TPSA) is 43.8 Å². The Morgan fingerprint density at radius 1 is 1.25 bits per heavy atom. The van der Waals surface area contributed by atoms with Crippen LogP contribution in [0.15, 0.2) is 24.3 Å². The SMILES string of the molecule is CCN(CCO)Cc1ccc(C(=O)N2CCCC2)cc1. The summed E-state index contributed by atoms with van der Waals surface area (Å²) in [5, 5.41) is 8.99. The van der Waals surface area contributed by atoms with Crippen molar-refractivity contribution < 1.29 is 9.90 Å². The third-order valence-electron chi connectivity index (χ3n) is 3.86. The first-order valence-electron chi connectivity index (χ1n) is 7.46. The van der Waals surface area contributed by atoms with Gasteiger partial charge in [0.1, 0.15) is 0 Å². The molecule has 2 rings (SSSR count). The Kier molecular flexibility index (Phi) is 5.56. The van der Waals surface area contributed by atoms with Crippen molar-refractivity contribution in [3.63, 3.8) is 0 Å². The minimum absolute atomic E-state index is 0.150. The van der Waals surface area contributed by atoms with Gasteiger partial charge >= 0.3 is 0 Å². The number of rotatable bonds is 6. The number of nitrogens with zero attached hydrogens (tertiary/aromatic N) is 2. The second-order valence-corrected chi connectivity index (χ2v) is 5.29. The van der Waals surface area contributed by atoms with E-state index in [1.54, 1.807) is 0 Å². The van der Waals surface area contributed by atoms with E-state index in [9.17, 15) is 4.79 Å². The Labute approximate surface area is 121 Å². The lowest BCUT2D eigenvalue weighted by Gasteiger charge is -2.19. The van der Waals surface area contributed by atoms with E-state index >= 15 is 0 Å². The van der Waals surface area contributed by atoms with Gasteiger partial charge in [0.05, 0.1) is 6.61 Å². The maximum absolute atomic E-state index is 12.2. The number of aliphatic hydroxyl groups is 1. The lowest BCUT2D eigenvalue weighted by molar-refractivity contribution is 0.0793. The molecule has 1 N–H and O–H groups in total. The van der Waals surface area contributed by atoms with Gasteiger partial charge in [0.2, 0.25) is 0 Å². The quantitative estimate of drug-likeness (QED) is 0.860. The number of hydrogen-bond acceptors (Lipinski definition) is 3. The Bertz CT molecular complexity index is 425. The van der Waals surface area contributed by atoms with Crippen LogP contribution in [0.2, 0.25) is 0 Å². The summed E-state index contributed by atoms with van der Waals surface area (Å²) >= 11 is 0. The zero-order chi connectivity index (χ0) is 14.4. The van der Waals surface area contributed by atoms with E-state index in [2.05, 4.69) is 11.8 Å². The van der Waals surface area contributed by atoms with Crippen LogP contribution in [0.25, 0.3) is 0 Å². The van der Waals surface area contributed by atoms with Gasteiger partial charge in [-0.05, 0) is 37.1 Å². The van der Waals surface area contributed by atoms with Crippen LogP contribution in [0, 0.1) is 0 Å². The molecule has 4 nitrogen and oxygen atoms in total. The zero-order valence-corrected chi connectivity index (χ0v) is 12.2. The highest BCUT2D eigenvalue weighted by atomic mass is 16.3. The van der Waals surface area contributed by atoms with Gasteiger partial charge in [-0.25, -0.2) is 0 Å². The van der Waals surface area contributed by atoms with E-state index in [0.717, 1.165) is 44.6 Å². The molecule has 20 heavy (non-hydrogen) atoms. The molecule has 0 bridgehead atoms. The molecule has 0 spiro atoms. The van der Waals surface area contributed by atoms with E-state index in [1.807, 2.05) is 29.2 Å². The van der Waals surface area contributed by atoms with Crippen LogP contribution in [0.1, 0.15) is 35.7 Å². The lowest BCUT2D eigenvalue weighted by atomic mass is 10.1. The van der Waals surface area contributed by atoms with Gasteiger partial charge in [-0.2, -0.15) is 0 Å². The first kappa shape index (κ1) is 15.0.